The number of hydrogen-bond donors (Lipinski definition) is 1. The van der Waals surface area contributed by atoms with Crippen molar-refractivity contribution in [3.8, 4) is 0 Å². The van der Waals surface area contributed by atoms with Crippen LogP contribution in [0.1, 0.15) is 24.0 Å². The third-order valence-electron chi connectivity index (χ3n) is 3.79. The monoisotopic (exact) mass is 348 g/mol. The second-order valence-corrected chi connectivity index (χ2v) is 7.86. The number of hydrogen-bond acceptors (Lipinski definition) is 5. The van der Waals surface area contributed by atoms with Crippen LogP contribution >= 0.6 is 0 Å². The molecule has 0 radical (unpaired) electrons. The van der Waals surface area contributed by atoms with Gasteiger partial charge in [0.15, 0.2) is 9.84 Å². The van der Waals surface area contributed by atoms with Gasteiger partial charge in [0.25, 0.3) is 0 Å². The lowest BCUT2D eigenvalue weighted by molar-refractivity contribution is -0.386. The van der Waals surface area contributed by atoms with Gasteiger partial charge in [0.1, 0.15) is 10.6 Å². The molecule has 0 fully saturated rings. The number of sulfone groups is 1. The van der Waals surface area contributed by atoms with Crippen molar-refractivity contribution >= 4 is 21.2 Å². The largest absolute Gasteiger partial charge is 0.379 e. The van der Waals surface area contributed by atoms with E-state index in [4.69, 9.17) is 0 Å². The number of para-hydroxylation sites is 1. The minimum atomic E-state index is -3.68. The Morgan fingerprint density at radius 3 is 2.46 bits per heavy atom. The molecule has 0 aliphatic heterocycles. The lowest BCUT2D eigenvalue weighted by atomic mass is 9.99. The molecular weight excluding hydrogens is 328 g/mol. The summed E-state index contributed by atoms with van der Waals surface area (Å²) in [6.45, 7) is 4.47. The molecule has 0 heterocycles. The van der Waals surface area contributed by atoms with Crippen molar-refractivity contribution in [2.24, 2.45) is 0 Å². The molecule has 0 aliphatic carbocycles. The highest BCUT2D eigenvalue weighted by molar-refractivity contribution is 7.90. The first kappa shape index (κ1) is 17.9. The van der Waals surface area contributed by atoms with Crippen molar-refractivity contribution in [1.29, 1.82) is 0 Å². The van der Waals surface area contributed by atoms with Crippen molar-refractivity contribution in [2.75, 3.05) is 18.1 Å². The first-order chi connectivity index (χ1) is 11.2. The van der Waals surface area contributed by atoms with Gasteiger partial charge >= 0.3 is 5.69 Å². The molecule has 0 saturated heterocycles. The minimum Gasteiger partial charge on any atom is -0.379 e. The Balaban J connectivity index is 2.29. The lowest BCUT2D eigenvalue weighted by Crippen LogP contribution is -2.12. The van der Waals surface area contributed by atoms with Crippen LogP contribution in [0.3, 0.4) is 0 Å². The number of nitrogens with one attached hydrogen (secondary N) is 1. The van der Waals surface area contributed by atoms with Crippen molar-refractivity contribution in [3.05, 3.63) is 63.7 Å². The van der Waals surface area contributed by atoms with E-state index in [1.54, 1.807) is 0 Å². The van der Waals surface area contributed by atoms with Crippen LogP contribution in [0.4, 0.5) is 11.4 Å². The number of nitro groups is 1. The molecule has 1 atom stereocenters. The van der Waals surface area contributed by atoms with Crippen LogP contribution < -0.4 is 5.32 Å². The van der Waals surface area contributed by atoms with Gasteiger partial charge in [-0.3, -0.25) is 10.1 Å². The summed E-state index contributed by atoms with van der Waals surface area (Å²) in [6.07, 6.45) is 0.967. The zero-order valence-electron chi connectivity index (χ0n) is 13.8. The van der Waals surface area contributed by atoms with Crippen molar-refractivity contribution in [3.63, 3.8) is 0 Å². The number of aryl methyl sites for hydroxylation is 1. The Bertz CT molecular complexity index is 863. The summed E-state index contributed by atoms with van der Waals surface area (Å²) in [6, 6.07) is 12.3. The summed E-state index contributed by atoms with van der Waals surface area (Å²) in [5, 5.41) is 14.4. The van der Waals surface area contributed by atoms with E-state index in [1.165, 1.54) is 18.2 Å². The molecule has 2 aromatic rings. The number of anilines is 1. The summed E-state index contributed by atoms with van der Waals surface area (Å²) in [5.74, 6) is 0.117. The van der Waals surface area contributed by atoms with E-state index < -0.39 is 20.4 Å². The minimum absolute atomic E-state index is 0.117. The Morgan fingerprint density at radius 1 is 1.21 bits per heavy atom. The standard InChI is InChI=1S/C17H20N2O4S/c1-12-6-4-7-14(10-12)13(2)11-18-15-8-5-9-16(24(3,22)23)17(15)19(20)21/h4-10,13,18H,11H2,1-3H3. The third-order valence-corrected chi connectivity index (χ3v) is 4.92. The van der Waals surface area contributed by atoms with Crippen LogP contribution in [0.15, 0.2) is 47.4 Å². The maximum atomic E-state index is 11.8. The molecule has 0 spiro atoms. The third kappa shape index (κ3) is 4.11. The fourth-order valence-electron chi connectivity index (χ4n) is 2.51. The quantitative estimate of drug-likeness (QED) is 0.637. The maximum absolute atomic E-state index is 11.8. The second-order valence-electron chi connectivity index (χ2n) is 5.88. The van der Waals surface area contributed by atoms with Gasteiger partial charge in [0.05, 0.1) is 4.92 Å². The molecule has 24 heavy (non-hydrogen) atoms. The van der Waals surface area contributed by atoms with Crippen LogP contribution in [-0.2, 0) is 9.84 Å². The topological polar surface area (TPSA) is 89.3 Å². The normalized spacial score (nSPS) is 12.6. The predicted octanol–water partition coefficient (Wildman–Crippen LogP) is 3.52. The highest BCUT2D eigenvalue weighted by Gasteiger charge is 2.26. The van der Waals surface area contributed by atoms with E-state index in [0.29, 0.717) is 6.54 Å². The van der Waals surface area contributed by atoms with Crippen molar-refractivity contribution in [1.82, 2.24) is 0 Å². The van der Waals surface area contributed by atoms with Crippen LogP contribution in [0.25, 0.3) is 0 Å². The molecule has 1 unspecified atom stereocenters. The van der Waals surface area contributed by atoms with E-state index >= 15 is 0 Å². The molecule has 0 amide bonds. The second kappa shape index (κ2) is 7.00. The zero-order chi connectivity index (χ0) is 17.9. The molecule has 0 aromatic heterocycles. The average molecular weight is 348 g/mol. The number of nitrogens with zero attached hydrogens (tertiary/aromatic N) is 1. The fraction of sp³-hybridized carbons (Fsp3) is 0.294. The number of benzene rings is 2. The molecule has 2 rings (SSSR count). The van der Waals surface area contributed by atoms with Gasteiger partial charge in [-0.15, -0.1) is 0 Å². The van der Waals surface area contributed by atoms with Gasteiger partial charge in [-0.1, -0.05) is 42.8 Å². The van der Waals surface area contributed by atoms with Crippen LogP contribution in [-0.4, -0.2) is 26.1 Å². The molecule has 7 heteroatoms. The first-order valence-electron chi connectivity index (χ1n) is 7.48. The van der Waals surface area contributed by atoms with E-state index in [9.17, 15) is 18.5 Å². The van der Waals surface area contributed by atoms with Crippen molar-refractivity contribution < 1.29 is 13.3 Å². The number of rotatable bonds is 6. The Hall–Kier alpha value is -2.41. The average Bonchev–Trinajstić information content (AvgIpc) is 2.51. The summed E-state index contributed by atoms with van der Waals surface area (Å²) in [5.41, 5.74) is 2.06. The van der Waals surface area contributed by atoms with Gasteiger partial charge < -0.3 is 5.32 Å². The van der Waals surface area contributed by atoms with Gasteiger partial charge in [0, 0.05) is 12.8 Å². The van der Waals surface area contributed by atoms with Gasteiger partial charge in [0.2, 0.25) is 0 Å². The molecule has 0 saturated carbocycles. The maximum Gasteiger partial charge on any atom is 0.310 e. The van der Waals surface area contributed by atoms with Crippen LogP contribution in [0, 0.1) is 17.0 Å². The van der Waals surface area contributed by atoms with Gasteiger partial charge in [-0.2, -0.15) is 0 Å². The summed E-state index contributed by atoms with van der Waals surface area (Å²) < 4.78 is 23.6. The predicted molar refractivity (Wildman–Crippen MR) is 94.3 cm³/mol. The van der Waals surface area contributed by atoms with Gasteiger partial charge in [-0.05, 0) is 30.5 Å². The van der Waals surface area contributed by atoms with Gasteiger partial charge in [-0.25, -0.2) is 8.42 Å². The molecule has 0 aliphatic rings. The zero-order valence-corrected chi connectivity index (χ0v) is 14.6. The lowest BCUT2D eigenvalue weighted by Gasteiger charge is -2.15. The highest BCUT2D eigenvalue weighted by Crippen LogP contribution is 2.32. The molecule has 0 bridgehead atoms. The smallest absolute Gasteiger partial charge is 0.310 e. The highest BCUT2D eigenvalue weighted by atomic mass is 32.2. The van der Waals surface area contributed by atoms with E-state index in [0.717, 1.165) is 17.4 Å². The summed E-state index contributed by atoms with van der Waals surface area (Å²) in [7, 11) is -3.68. The van der Waals surface area contributed by atoms with Crippen LogP contribution in [0.2, 0.25) is 0 Å². The Morgan fingerprint density at radius 2 is 1.88 bits per heavy atom. The fourth-order valence-corrected chi connectivity index (χ4v) is 3.37. The molecular formula is C17H20N2O4S. The Kier molecular flexibility index (Phi) is 5.23. The number of nitro benzene ring substituents is 1. The summed E-state index contributed by atoms with van der Waals surface area (Å²) >= 11 is 0. The van der Waals surface area contributed by atoms with E-state index in [1.807, 2.05) is 32.0 Å². The molecule has 2 aromatic carbocycles. The first-order valence-corrected chi connectivity index (χ1v) is 9.37. The molecule has 128 valence electrons. The molecule has 1 N–H and O–H groups in total. The van der Waals surface area contributed by atoms with Crippen molar-refractivity contribution in [2.45, 2.75) is 24.7 Å². The SMILES string of the molecule is Cc1cccc(C(C)CNc2cccc(S(C)(=O)=O)c2[N+](=O)[O-])c1. The van der Waals surface area contributed by atoms with Crippen LogP contribution in [0.5, 0.6) is 0 Å². The Labute approximate surface area is 141 Å². The van der Waals surface area contributed by atoms with E-state index in [-0.39, 0.29) is 16.5 Å². The van der Waals surface area contributed by atoms with E-state index in [2.05, 4.69) is 11.4 Å². The molecule has 6 nitrogen and oxygen atoms in total. The summed E-state index contributed by atoms with van der Waals surface area (Å²) in [4.78, 5) is 10.4.